The van der Waals surface area contributed by atoms with Crippen LogP contribution in [0, 0.1) is 30.3 Å². The number of nitrogens with two attached hydrogens (primary N) is 1. The number of hydrogen-bond acceptors (Lipinski definition) is 14. The van der Waals surface area contributed by atoms with Gasteiger partial charge in [0.15, 0.2) is 0 Å². The van der Waals surface area contributed by atoms with E-state index >= 15 is 0 Å². The monoisotopic (exact) mass is 791 g/mol. The van der Waals surface area contributed by atoms with E-state index < -0.39 is 21.4 Å². The van der Waals surface area contributed by atoms with Gasteiger partial charge in [-0.15, -0.1) is 0 Å². The number of aliphatic carboxylic acids is 1. The van der Waals surface area contributed by atoms with Gasteiger partial charge in [-0.3, -0.25) is 54.5 Å². The van der Waals surface area contributed by atoms with E-state index in [9.17, 15) is 44.7 Å². The maximum absolute atomic E-state index is 11.7. The predicted octanol–water partition coefficient (Wildman–Crippen LogP) is 5.88. The molecule has 0 spiro atoms. The Morgan fingerprint density at radius 1 is 0.737 bits per heavy atom. The minimum absolute atomic E-state index is 0.0365. The predicted molar refractivity (Wildman–Crippen MR) is 214 cm³/mol. The molecule has 4 N–H and O–H groups in total. The van der Waals surface area contributed by atoms with Crippen LogP contribution in [0.15, 0.2) is 97.1 Å². The topological polar surface area (TPSA) is 255 Å². The smallest absolute Gasteiger partial charge is 0.320 e. The van der Waals surface area contributed by atoms with Crippen LogP contribution < -0.4 is 11.1 Å². The van der Waals surface area contributed by atoms with Crippen LogP contribution in [-0.2, 0) is 34.0 Å². The molecule has 0 fully saturated rings. The summed E-state index contributed by atoms with van der Waals surface area (Å²) >= 11 is 0. The van der Waals surface area contributed by atoms with Crippen LogP contribution in [0.25, 0.3) is 0 Å². The van der Waals surface area contributed by atoms with Gasteiger partial charge in [0.2, 0.25) is 0 Å². The SMILES string of the molecule is CN(CC(=O)O)Cc1cccc(N)c1.CN(CC(=O)OC(C)(C)C)Cc1cccc([N+](=O)[O-])c1.CNCc1cccc([N+](=O)[O-])c1.O=Cc1cccc([N+](=O)[O-])c1. The van der Waals surface area contributed by atoms with Crippen molar-refractivity contribution in [3.63, 3.8) is 0 Å². The molecule has 0 aromatic heterocycles. The lowest BCUT2D eigenvalue weighted by molar-refractivity contribution is -0.385. The van der Waals surface area contributed by atoms with E-state index in [2.05, 4.69) is 5.32 Å². The van der Waals surface area contributed by atoms with Gasteiger partial charge in [-0.25, -0.2) is 0 Å². The molecule has 0 aliphatic carbocycles. The summed E-state index contributed by atoms with van der Waals surface area (Å²) < 4.78 is 5.22. The number of aldehydes is 1. The number of ether oxygens (including phenoxy) is 1. The molecule has 4 aromatic rings. The number of nitrogens with one attached hydrogen (secondary N) is 1. The fraction of sp³-hybridized carbons (Fsp3) is 0.308. The Morgan fingerprint density at radius 2 is 1.18 bits per heavy atom. The molecule has 0 unspecified atom stereocenters. The molecule has 0 heterocycles. The Hall–Kier alpha value is -6.63. The number of nitro groups is 3. The highest BCUT2D eigenvalue weighted by Gasteiger charge is 2.18. The standard InChI is InChI=1S/C14H20N2O4.C10H14N2O2.C8H10N2O2.C7H5NO3/c1-14(2,3)20-13(17)10-15(4)9-11-6-5-7-12(8-11)16(18)19;1-12(7-10(13)14)6-8-3-2-4-9(11)5-8;1-9-6-7-3-2-4-8(5-7)10(11)12;9-5-6-2-1-3-7(4-6)8(10)11/h5-8H,9-10H2,1-4H3;2-5H,6-7,11H2,1H3,(H,13,14);2-5,9H,6H2,1H3;1-5H. The van der Waals surface area contributed by atoms with Gasteiger partial charge in [-0.1, -0.05) is 48.5 Å². The summed E-state index contributed by atoms with van der Waals surface area (Å²) in [6.45, 7) is 7.30. The van der Waals surface area contributed by atoms with Crippen molar-refractivity contribution in [3.8, 4) is 0 Å². The number of benzene rings is 4. The summed E-state index contributed by atoms with van der Waals surface area (Å²) in [6, 6.07) is 26.0. The molecule has 18 nitrogen and oxygen atoms in total. The second kappa shape index (κ2) is 24.7. The van der Waals surface area contributed by atoms with Crippen LogP contribution in [0.5, 0.6) is 0 Å². The average Bonchev–Trinajstić information content (AvgIpc) is 3.11. The van der Waals surface area contributed by atoms with Crippen molar-refractivity contribution in [2.75, 3.05) is 40.0 Å². The third kappa shape index (κ3) is 21.7. The number of carbonyl (C=O) groups excluding carboxylic acids is 2. The van der Waals surface area contributed by atoms with Crippen LogP contribution in [-0.4, -0.2) is 87.7 Å². The number of nitrogens with zero attached hydrogens (tertiary/aromatic N) is 5. The quantitative estimate of drug-likeness (QED) is 0.0443. The molecule has 4 rings (SSSR count). The summed E-state index contributed by atoms with van der Waals surface area (Å²) in [5, 5.41) is 42.7. The highest BCUT2D eigenvalue weighted by molar-refractivity contribution is 5.76. The fourth-order valence-corrected chi connectivity index (χ4v) is 4.72. The van der Waals surface area contributed by atoms with Crippen LogP contribution in [0.2, 0.25) is 0 Å². The molecule has 0 bridgehead atoms. The maximum atomic E-state index is 11.7. The fourth-order valence-electron chi connectivity index (χ4n) is 4.72. The van der Waals surface area contributed by atoms with Crippen molar-refractivity contribution in [2.24, 2.45) is 0 Å². The van der Waals surface area contributed by atoms with Gasteiger partial charge in [-0.05, 0) is 70.7 Å². The van der Waals surface area contributed by atoms with E-state index in [1.165, 1.54) is 42.5 Å². The van der Waals surface area contributed by atoms with Gasteiger partial charge >= 0.3 is 11.9 Å². The molecule has 0 radical (unpaired) electrons. The van der Waals surface area contributed by atoms with E-state index in [-0.39, 0.29) is 41.0 Å². The Morgan fingerprint density at radius 3 is 1.63 bits per heavy atom. The van der Waals surface area contributed by atoms with Crippen LogP contribution in [0.4, 0.5) is 22.7 Å². The lowest BCUT2D eigenvalue weighted by Crippen LogP contribution is -2.32. The molecule has 0 aliphatic rings. The first-order chi connectivity index (χ1) is 26.7. The number of carbonyl (C=O) groups is 3. The summed E-state index contributed by atoms with van der Waals surface area (Å²) in [7, 11) is 5.33. The van der Waals surface area contributed by atoms with E-state index in [1.807, 2.05) is 45.0 Å². The van der Waals surface area contributed by atoms with Crippen LogP contribution in [0.1, 0.15) is 47.8 Å². The molecule has 4 aromatic carbocycles. The molecular weight excluding hydrogens is 742 g/mol. The molecule has 18 heteroatoms. The minimum Gasteiger partial charge on any atom is -0.480 e. The second-order valence-corrected chi connectivity index (χ2v) is 13.4. The highest BCUT2D eigenvalue weighted by atomic mass is 16.6. The Kier molecular flexibility index (Phi) is 21.0. The molecule has 0 saturated carbocycles. The van der Waals surface area contributed by atoms with Crippen molar-refractivity contribution in [2.45, 2.75) is 46.0 Å². The number of non-ortho nitro benzene ring substituents is 3. The van der Waals surface area contributed by atoms with Crippen LogP contribution >= 0.6 is 0 Å². The van der Waals surface area contributed by atoms with Gasteiger partial charge in [0.1, 0.15) is 11.9 Å². The zero-order valence-corrected chi connectivity index (χ0v) is 32.7. The normalized spacial score (nSPS) is 10.4. The third-order valence-electron chi connectivity index (χ3n) is 6.92. The number of anilines is 1. The lowest BCUT2D eigenvalue weighted by atomic mass is 10.2. The number of nitrogen functional groups attached to an aromatic ring is 1. The van der Waals surface area contributed by atoms with Crippen LogP contribution in [0.3, 0.4) is 0 Å². The summed E-state index contributed by atoms with van der Waals surface area (Å²) in [5.41, 5.74) is 8.97. The number of nitro benzene ring substituents is 3. The summed E-state index contributed by atoms with van der Waals surface area (Å²) in [4.78, 5) is 65.5. The molecule has 306 valence electrons. The van der Waals surface area contributed by atoms with E-state index in [1.54, 1.807) is 61.3 Å². The zero-order valence-electron chi connectivity index (χ0n) is 32.7. The molecule has 0 saturated heterocycles. The van der Waals surface area contributed by atoms with E-state index in [0.717, 1.165) is 16.7 Å². The Labute approximate surface area is 330 Å². The van der Waals surface area contributed by atoms with Crippen molar-refractivity contribution >= 4 is 41.0 Å². The molecule has 0 atom stereocenters. The first kappa shape index (κ1) is 48.4. The number of esters is 1. The second-order valence-electron chi connectivity index (χ2n) is 13.4. The number of carboxylic acid groups (broad SMARTS) is 1. The minimum atomic E-state index is -0.823. The number of rotatable bonds is 14. The van der Waals surface area contributed by atoms with Gasteiger partial charge in [0, 0.05) is 67.3 Å². The lowest BCUT2D eigenvalue weighted by Gasteiger charge is -2.22. The molecular formula is C39H49N7O11. The van der Waals surface area contributed by atoms with Gasteiger partial charge in [-0.2, -0.15) is 0 Å². The molecule has 0 aliphatic heterocycles. The van der Waals surface area contributed by atoms with Gasteiger partial charge < -0.3 is 20.9 Å². The van der Waals surface area contributed by atoms with Crippen molar-refractivity contribution in [3.05, 3.63) is 150 Å². The van der Waals surface area contributed by atoms with Gasteiger partial charge in [0.25, 0.3) is 17.1 Å². The largest absolute Gasteiger partial charge is 0.480 e. The maximum Gasteiger partial charge on any atom is 0.320 e. The number of hydrogen-bond donors (Lipinski definition) is 3. The van der Waals surface area contributed by atoms with Crippen molar-refractivity contribution in [1.82, 2.24) is 15.1 Å². The molecule has 57 heavy (non-hydrogen) atoms. The number of likely N-dealkylation sites (N-methyl/N-ethyl adjacent to an activating group) is 2. The highest BCUT2D eigenvalue weighted by Crippen LogP contribution is 2.16. The average molecular weight is 792 g/mol. The van der Waals surface area contributed by atoms with E-state index in [4.69, 9.17) is 15.6 Å². The summed E-state index contributed by atoms with van der Waals surface area (Å²) in [6.07, 6.45) is 0.576. The first-order valence-electron chi connectivity index (χ1n) is 17.2. The zero-order chi connectivity index (χ0) is 43.1. The Balaban J connectivity index is 0.000000391. The number of carboxylic acids is 1. The third-order valence-corrected chi connectivity index (χ3v) is 6.92. The van der Waals surface area contributed by atoms with Crippen molar-refractivity contribution < 1.29 is 39.0 Å². The Bertz CT molecular complexity index is 1950. The van der Waals surface area contributed by atoms with E-state index in [0.29, 0.717) is 37.2 Å². The van der Waals surface area contributed by atoms with Crippen molar-refractivity contribution in [1.29, 1.82) is 0 Å². The molecule has 0 amide bonds. The summed E-state index contributed by atoms with van der Waals surface area (Å²) in [5.74, 6) is -1.14. The van der Waals surface area contributed by atoms with Gasteiger partial charge in [0.05, 0.1) is 27.9 Å². The first-order valence-corrected chi connectivity index (χ1v) is 17.2.